The summed E-state index contributed by atoms with van der Waals surface area (Å²) in [5.41, 5.74) is 0. The van der Waals surface area contributed by atoms with Crippen LogP contribution in [0, 0.1) is 0 Å². The molecule has 0 aliphatic heterocycles. The van der Waals surface area contributed by atoms with Crippen molar-refractivity contribution in [3.63, 3.8) is 0 Å². The second-order valence-corrected chi connectivity index (χ2v) is 0. The quantitative estimate of drug-likeness (QED) is 0.302. The normalized spacial score (nSPS) is 0. The van der Waals surface area contributed by atoms with Gasteiger partial charge in [0.05, 0.1) is 0 Å². The maximum atomic E-state index is 0. The van der Waals surface area contributed by atoms with Gasteiger partial charge in [-0.1, -0.05) is 0 Å². The first-order valence-corrected chi connectivity index (χ1v) is 0. The minimum Gasteiger partial charge on any atom is 0 e. The Kier molecular flexibility index (Phi) is 196. The molecular formula is AuCuPbSnZn. The predicted molar refractivity (Wildman–Crippen MR) is 11.5 cm³/mol. The Bertz CT molecular complexity index is 11.6. The molecular weight excluding hydrogens is 652 g/mol. The molecule has 0 heterocycles. The second-order valence-electron chi connectivity index (χ2n) is 0. The molecule has 5 heteroatoms. The SMILES string of the molecule is [Au].[Cu].[Pb].[Sn].[Zn]. The average molecular weight is 652 g/mol. The van der Waals surface area contributed by atoms with Crippen LogP contribution in [0.3, 0.4) is 0 Å². The van der Waals surface area contributed by atoms with Gasteiger partial charge in [0.1, 0.15) is 0 Å². The molecule has 0 nitrogen and oxygen atoms in total. The molecule has 0 aliphatic rings. The molecule has 0 amide bonds. The van der Waals surface area contributed by atoms with E-state index in [0.717, 1.165) is 0 Å². The van der Waals surface area contributed by atoms with E-state index >= 15 is 0 Å². The molecule has 32 valence electrons. The number of rotatable bonds is 0. The van der Waals surface area contributed by atoms with Crippen molar-refractivity contribution in [2.75, 3.05) is 0 Å². The van der Waals surface area contributed by atoms with Crippen LogP contribution in [-0.4, -0.2) is 51.2 Å². The Balaban J connectivity index is 0. The Morgan fingerprint density at radius 2 is 1.00 bits per heavy atom. The Hall–Kier alpha value is 3.60. The molecule has 0 saturated heterocycles. The van der Waals surface area contributed by atoms with Gasteiger partial charge in [-0.3, -0.25) is 0 Å². The third-order valence-corrected chi connectivity index (χ3v) is 0. The average Bonchev–Trinajstić information content (AvgIpc) is 0. The van der Waals surface area contributed by atoms with Crippen LogP contribution in [0.2, 0.25) is 0 Å². The molecule has 0 rings (SSSR count). The standard InChI is InChI=1S/Au.Cu.Pb.Sn.Zn. The fourth-order valence-electron chi connectivity index (χ4n) is 0. The monoisotopic (exact) mass is 652 g/mol. The van der Waals surface area contributed by atoms with E-state index < -0.39 is 0 Å². The third kappa shape index (κ3) is 18.4. The zero-order valence-electron chi connectivity index (χ0n) is 2.31. The Labute approximate surface area is 108 Å². The van der Waals surface area contributed by atoms with Crippen LogP contribution in [0.25, 0.3) is 0 Å². The molecule has 0 aromatic rings. The van der Waals surface area contributed by atoms with Gasteiger partial charge in [0, 0.05) is 110 Å². The molecule has 5 heavy (non-hydrogen) atoms. The van der Waals surface area contributed by atoms with Crippen molar-refractivity contribution in [1.82, 2.24) is 0 Å². The zero-order valence-corrected chi connectivity index (χ0v) is 15.1. The molecule has 0 fully saturated rings. The fourth-order valence-corrected chi connectivity index (χ4v) is 0. The molecule has 0 bridgehead atoms. The second kappa shape index (κ2) is 25.5. The van der Waals surface area contributed by atoms with E-state index in [1.165, 1.54) is 0 Å². The van der Waals surface area contributed by atoms with Crippen LogP contribution in [0.5, 0.6) is 0 Å². The number of hydrogen-bond acceptors (Lipinski definition) is 0. The predicted octanol–water partition coefficient (Wildman–Crippen LogP) is -0.769. The van der Waals surface area contributed by atoms with Crippen molar-refractivity contribution in [1.29, 1.82) is 0 Å². The van der Waals surface area contributed by atoms with E-state index in [4.69, 9.17) is 0 Å². The summed E-state index contributed by atoms with van der Waals surface area (Å²) >= 11 is 0. The summed E-state index contributed by atoms with van der Waals surface area (Å²) in [4.78, 5) is 0. The van der Waals surface area contributed by atoms with E-state index in [0.29, 0.717) is 0 Å². The van der Waals surface area contributed by atoms with E-state index in [1.807, 2.05) is 0 Å². The first-order chi connectivity index (χ1) is 0. The van der Waals surface area contributed by atoms with Crippen molar-refractivity contribution in [3.8, 4) is 0 Å². The first-order valence-electron chi connectivity index (χ1n) is 0. The van der Waals surface area contributed by atoms with E-state index in [9.17, 15) is 0 Å². The Morgan fingerprint density at radius 1 is 1.00 bits per heavy atom. The summed E-state index contributed by atoms with van der Waals surface area (Å²) in [6.07, 6.45) is 0. The van der Waals surface area contributed by atoms with Crippen molar-refractivity contribution >= 4 is 51.2 Å². The smallest absolute Gasteiger partial charge is 0 e. The van der Waals surface area contributed by atoms with Crippen LogP contribution < -0.4 is 0 Å². The summed E-state index contributed by atoms with van der Waals surface area (Å²) in [6.45, 7) is 0. The van der Waals surface area contributed by atoms with Gasteiger partial charge in [-0.25, -0.2) is 0 Å². The molecule has 0 atom stereocenters. The van der Waals surface area contributed by atoms with Crippen molar-refractivity contribution in [3.05, 3.63) is 0 Å². The minimum atomic E-state index is 0. The van der Waals surface area contributed by atoms with Gasteiger partial charge < -0.3 is 0 Å². The summed E-state index contributed by atoms with van der Waals surface area (Å²) in [5, 5.41) is 0. The van der Waals surface area contributed by atoms with Gasteiger partial charge in [0.2, 0.25) is 0 Å². The fraction of sp³-hybridized carbons (Fsp3) is 0. The molecule has 0 aromatic carbocycles. The summed E-state index contributed by atoms with van der Waals surface area (Å²) < 4.78 is 0. The molecule has 0 aromatic heterocycles. The Morgan fingerprint density at radius 3 is 1.00 bits per heavy atom. The zero-order chi connectivity index (χ0) is 0. The minimum absolute atomic E-state index is 0. The van der Waals surface area contributed by atoms with Gasteiger partial charge in [0.25, 0.3) is 0 Å². The van der Waals surface area contributed by atoms with Gasteiger partial charge in [-0.05, 0) is 0 Å². The van der Waals surface area contributed by atoms with Gasteiger partial charge in [-0.15, -0.1) is 0 Å². The topological polar surface area (TPSA) is 0 Å². The molecule has 10 radical (unpaired) electrons. The molecule has 0 saturated carbocycles. The molecule has 0 aliphatic carbocycles. The van der Waals surface area contributed by atoms with E-state index in [-0.39, 0.29) is 110 Å². The first kappa shape index (κ1) is 38.3. The van der Waals surface area contributed by atoms with Gasteiger partial charge in [-0.2, -0.15) is 0 Å². The molecule has 0 spiro atoms. The summed E-state index contributed by atoms with van der Waals surface area (Å²) in [6, 6.07) is 0. The van der Waals surface area contributed by atoms with Crippen LogP contribution >= 0.6 is 0 Å². The van der Waals surface area contributed by atoms with Gasteiger partial charge >= 0.3 is 0 Å². The van der Waals surface area contributed by atoms with Crippen molar-refractivity contribution in [2.45, 2.75) is 0 Å². The van der Waals surface area contributed by atoms with E-state index in [2.05, 4.69) is 0 Å². The summed E-state index contributed by atoms with van der Waals surface area (Å²) in [5.74, 6) is 0. The van der Waals surface area contributed by atoms with Crippen molar-refractivity contribution in [2.24, 2.45) is 0 Å². The summed E-state index contributed by atoms with van der Waals surface area (Å²) in [7, 11) is 0. The van der Waals surface area contributed by atoms with Crippen LogP contribution in [0.1, 0.15) is 0 Å². The van der Waals surface area contributed by atoms with E-state index in [1.54, 1.807) is 0 Å². The van der Waals surface area contributed by atoms with Crippen molar-refractivity contribution < 1.29 is 58.9 Å². The van der Waals surface area contributed by atoms with Crippen LogP contribution in [0.15, 0.2) is 0 Å². The largest absolute Gasteiger partial charge is 0 e. The maximum Gasteiger partial charge on any atom is 0 e. The third-order valence-electron chi connectivity index (χ3n) is 0. The van der Waals surface area contributed by atoms with Gasteiger partial charge in [0.15, 0.2) is 0 Å². The van der Waals surface area contributed by atoms with Crippen LogP contribution in [0.4, 0.5) is 0 Å². The number of hydrogen-bond donors (Lipinski definition) is 0. The maximum absolute atomic E-state index is 0. The van der Waals surface area contributed by atoms with Crippen LogP contribution in [-0.2, 0) is 58.9 Å². The molecule has 0 unspecified atom stereocenters. The molecule has 0 N–H and O–H groups in total.